The first kappa shape index (κ1) is 17.7. The van der Waals surface area contributed by atoms with Gasteiger partial charge in [-0.1, -0.05) is 12.1 Å². The van der Waals surface area contributed by atoms with Crippen molar-refractivity contribution in [2.45, 2.75) is 0 Å². The first-order chi connectivity index (χ1) is 12.9. The van der Waals surface area contributed by atoms with Gasteiger partial charge in [0.15, 0.2) is 5.70 Å². The summed E-state index contributed by atoms with van der Waals surface area (Å²) in [7, 11) is 1.36. The zero-order valence-electron chi connectivity index (χ0n) is 13.8. The standard InChI is InChI=1S/C17H11N3O7/c1-26-15-6-5-12(20(24)25)9-13(15)16-18-14(17(21)27-16)8-10-3-2-4-11(7-10)19(22)23/h2-9H,1H3/b14-8+. The highest BCUT2D eigenvalue weighted by Gasteiger charge is 2.28. The molecule has 27 heavy (non-hydrogen) atoms. The molecule has 10 heteroatoms. The normalized spacial score (nSPS) is 14.6. The molecule has 0 N–H and O–H groups in total. The maximum absolute atomic E-state index is 12.1. The number of nitro groups is 2. The number of non-ortho nitro benzene ring substituents is 2. The average Bonchev–Trinajstić information content (AvgIpc) is 3.01. The number of nitrogens with zero attached hydrogens (tertiary/aromatic N) is 3. The third-order valence-electron chi connectivity index (χ3n) is 3.63. The second kappa shape index (κ2) is 7.04. The summed E-state index contributed by atoms with van der Waals surface area (Å²) < 4.78 is 10.2. The highest BCUT2D eigenvalue weighted by atomic mass is 16.6. The molecule has 0 saturated heterocycles. The lowest BCUT2D eigenvalue weighted by Gasteiger charge is -2.06. The number of carbonyl (C=O) groups is 1. The van der Waals surface area contributed by atoms with Gasteiger partial charge in [-0.3, -0.25) is 20.2 Å². The van der Waals surface area contributed by atoms with Crippen LogP contribution in [0.4, 0.5) is 11.4 Å². The maximum atomic E-state index is 12.1. The Hall–Kier alpha value is -4.08. The van der Waals surface area contributed by atoms with Gasteiger partial charge in [-0.25, -0.2) is 9.79 Å². The number of cyclic esters (lactones) is 1. The Kier molecular flexibility index (Phi) is 4.62. The number of benzene rings is 2. The third kappa shape index (κ3) is 3.63. The Morgan fingerprint density at radius 3 is 2.44 bits per heavy atom. The van der Waals surface area contributed by atoms with Crippen LogP contribution in [0, 0.1) is 20.2 Å². The van der Waals surface area contributed by atoms with Crippen molar-refractivity contribution in [3.63, 3.8) is 0 Å². The lowest BCUT2D eigenvalue weighted by molar-refractivity contribution is -0.385. The summed E-state index contributed by atoms with van der Waals surface area (Å²) in [4.78, 5) is 36.8. The second-order valence-corrected chi connectivity index (χ2v) is 5.33. The van der Waals surface area contributed by atoms with E-state index in [4.69, 9.17) is 9.47 Å². The molecule has 3 rings (SSSR count). The molecule has 1 heterocycles. The molecule has 0 fully saturated rings. The molecule has 0 aliphatic carbocycles. The first-order valence-electron chi connectivity index (χ1n) is 7.49. The summed E-state index contributed by atoms with van der Waals surface area (Å²) in [5.74, 6) is -0.703. The Labute approximate surface area is 151 Å². The van der Waals surface area contributed by atoms with Crippen molar-refractivity contribution in [1.29, 1.82) is 0 Å². The van der Waals surface area contributed by atoms with Crippen molar-refractivity contribution in [2.24, 2.45) is 4.99 Å². The number of rotatable bonds is 5. The fraction of sp³-hybridized carbons (Fsp3) is 0.0588. The van der Waals surface area contributed by atoms with Gasteiger partial charge in [0.1, 0.15) is 5.75 Å². The van der Waals surface area contributed by atoms with Crippen molar-refractivity contribution in [1.82, 2.24) is 0 Å². The minimum atomic E-state index is -0.787. The fourth-order valence-corrected chi connectivity index (χ4v) is 2.39. The van der Waals surface area contributed by atoms with E-state index in [1.807, 2.05) is 0 Å². The molecule has 0 atom stereocenters. The van der Waals surface area contributed by atoms with E-state index in [0.29, 0.717) is 5.56 Å². The molecule has 136 valence electrons. The van der Waals surface area contributed by atoms with Gasteiger partial charge in [-0.2, -0.15) is 0 Å². The summed E-state index contributed by atoms with van der Waals surface area (Å²) in [6.45, 7) is 0. The lowest BCUT2D eigenvalue weighted by atomic mass is 10.1. The van der Waals surface area contributed by atoms with Crippen LogP contribution in [0.15, 0.2) is 53.2 Å². The molecular weight excluding hydrogens is 358 g/mol. The third-order valence-corrected chi connectivity index (χ3v) is 3.63. The second-order valence-electron chi connectivity index (χ2n) is 5.33. The number of hydrogen-bond donors (Lipinski definition) is 0. The highest BCUT2D eigenvalue weighted by Crippen LogP contribution is 2.29. The summed E-state index contributed by atoms with van der Waals surface area (Å²) in [5.41, 5.74) is 0.0645. The Balaban J connectivity index is 2.02. The van der Waals surface area contributed by atoms with Gasteiger partial charge in [-0.05, 0) is 17.7 Å². The van der Waals surface area contributed by atoms with Gasteiger partial charge in [0.05, 0.1) is 22.5 Å². The lowest BCUT2D eigenvalue weighted by Crippen LogP contribution is -2.07. The van der Waals surface area contributed by atoms with Crippen molar-refractivity contribution >= 4 is 29.3 Å². The van der Waals surface area contributed by atoms with Crippen LogP contribution in [0.2, 0.25) is 0 Å². The summed E-state index contributed by atoms with van der Waals surface area (Å²) in [5, 5.41) is 21.8. The first-order valence-corrected chi connectivity index (χ1v) is 7.49. The predicted octanol–water partition coefficient (Wildman–Crippen LogP) is 2.86. The average molecular weight is 369 g/mol. The van der Waals surface area contributed by atoms with E-state index in [1.165, 1.54) is 49.6 Å². The minimum Gasteiger partial charge on any atom is -0.496 e. The van der Waals surface area contributed by atoms with Crippen molar-refractivity contribution in [3.8, 4) is 5.75 Å². The Morgan fingerprint density at radius 2 is 1.78 bits per heavy atom. The van der Waals surface area contributed by atoms with E-state index in [9.17, 15) is 25.0 Å². The van der Waals surface area contributed by atoms with Gasteiger partial charge >= 0.3 is 5.97 Å². The van der Waals surface area contributed by atoms with E-state index >= 15 is 0 Å². The molecule has 2 aromatic rings. The molecule has 0 bridgehead atoms. The van der Waals surface area contributed by atoms with Crippen LogP contribution in [0.5, 0.6) is 5.75 Å². The van der Waals surface area contributed by atoms with E-state index < -0.39 is 15.8 Å². The monoisotopic (exact) mass is 369 g/mol. The molecular formula is C17H11N3O7. The topological polar surface area (TPSA) is 134 Å². The zero-order chi connectivity index (χ0) is 19.6. The van der Waals surface area contributed by atoms with Crippen molar-refractivity contribution in [2.75, 3.05) is 7.11 Å². The van der Waals surface area contributed by atoms with Gasteiger partial charge in [0.2, 0.25) is 5.90 Å². The van der Waals surface area contributed by atoms with E-state index in [0.717, 1.165) is 0 Å². The summed E-state index contributed by atoms with van der Waals surface area (Å²) >= 11 is 0. The number of carbonyl (C=O) groups excluding carboxylic acids is 1. The van der Waals surface area contributed by atoms with Crippen LogP contribution in [-0.4, -0.2) is 28.8 Å². The molecule has 10 nitrogen and oxygen atoms in total. The smallest absolute Gasteiger partial charge is 0.363 e. The van der Waals surface area contributed by atoms with E-state index in [2.05, 4.69) is 4.99 Å². The maximum Gasteiger partial charge on any atom is 0.363 e. The Bertz CT molecular complexity index is 1030. The quantitative estimate of drug-likeness (QED) is 0.342. The molecule has 0 spiro atoms. The predicted molar refractivity (Wildman–Crippen MR) is 93.4 cm³/mol. The summed E-state index contributed by atoms with van der Waals surface area (Å²) in [6, 6.07) is 9.43. The van der Waals surface area contributed by atoms with E-state index in [1.54, 1.807) is 6.07 Å². The highest BCUT2D eigenvalue weighted by molar-refractivity contribution is 6.14. The van der Waals surface area contributed by atoms with Gasteiger partial charge in [0.25, 0.3) is 11.4 Å². The molecule has 0 saturated carbocycles. The number of esters is 1. The van der Waals surface area contributed by atoms with Crippen LogP contribution in [0.25, 0.3) is 6.08 Å². The van der Waals surface area contributed by atoms with Crippen molar-refractivity contribution in [3.05, 3.63) is 79.5 Å². The Morgan fingerprint density at radius 1 is 1.07 bits per heavy atom. The number of hydrogen-bond acceptors (Lipinski definition) is 8. The molecule has 1 aliphatic rings. The number of methoxy groups -OCH3 is 1. The van der Waals surface area contributed by atoms with Crippen LogP contribution in [0.1, 0.15) is 11.1 Å². The molecule has 0 radical (unpaired) electrons. The number of ether oxygens (including phenoxy) is 2. The van der Waals surface area contributed by atoms with E-state index in [-0.39, 0.29) is 34.3 Å². The zero-order valence-corrected chi connectivity index (χ0v) is 13.8. The van der Waals surface area contributed by atoms with Gasteiger partial charge in [-0.15, -0.1) is 0 Å². The molecule has 0 unspecified atom stereocenters. The van der Waals surface area contributed by atoms with Gasteiger partial charge < -0.3 is 9.47 Å². The van der Waals surface area contributed by atoms with Crippen LogP contribution in [0.3, 0.4) is 0 Å². The van der Waals surface area contributed by atoms with Crippen LogP contribution >= 0.6 is 0 Å². The van der Waals surface area contributed by atoms with Crippen LogP contribution < -0.4 is 4.74 Å². The minimum absolute atomic E-state index is 0.0981. The largest absolute Gasteiger partial charge is 0.496 e. The molecule has 0 amide bonds. The molecule has 1 aliphatic heterocycles. The van der Waals surface area contributed by atoms with Gasteiger partial charge in [0, 0.05) is 24.3 Å². The number of aliphatic imine (C=N–C) groups is 1. The summed E-state index contributed by atoms with van der Waals surface area (Å²) in [6.07, 6.45) is 1.33. The molecule has 2 aromatic carbocycles. The SMILES string of the molecule is COc1ccc([N+](=O)[O-])cc1C1=N/C(=C/c2cccc([N+](=O)[O-])c2)C(=O)O1. The number of nitro benzene ring substituents is 2. The van der Waals surface area contributed by atoms with Crippen LogP contribution in [-0.2, 0) is 9.53 Å². The van der Waals surface area contributed by atoms with Crippen molar-refractivity contribution < 1.29 is 24.1 Å². The fourth-order valence-electron chi connectivity index (χ4n) is 2.39. The molecule has 0 aromatic heterocycles.